The van der Waals surface area contributed by atoms with Gasteiger partial charge in [-0.2, -0.15) is 0 Å². The average molecular weight is 155 g/mol. The Balaban J connectivity index is 2.34. The highest BCUT2D eigenvalue weighted by molar-refractivity contribution is 4.96. The summed E-state index contributed by atoms with van der Waals surface area (Å²) in [4.78, 5) is 2.34. The maximum atomic E-state index is 5.24. The van der Waals surface area contributed by atoms with Crippen LogP contribution in [0.4, 0.5) is 0 Å². The Morgan fingerprint density at radius 1 is 1.45 bits per heavy atom. The molecule has 1 fully saturated rings. The molecule has 11 heavy (non-hydrogen) atoms. The zero-order chi connectivity index (χ0) is 8.10. The lowest BCUT2D eigenvalue weighted by molar-refractivity contribution is 0.0590. The smallest absolute Gasteiger partial charge is 0.0642 e. The lowest BCUT2D eigenvalue weighted by Crippen LogP contribution is -2.32. The first-order valence-corrected chi connectivity index (χ1v) is 4.32. The molecule has 2 heteroatoms. The van der Waals surface area contributed by atoms with Crippen LogP contribution < -0.4 is 0 Å². The summed E-state index contributed by atoms with van der Waals surface area (Å²) >= 11 is 0. The molecule has 0 bridgehead atoms. The van der Waals surface area contributed by atoms with Crippen molar-refractivity contribution in [2.75, 3.05) is 26.3 Å². The Bertz CT molecular complexity index is 136. The van der Waals surface area contributed by atoms with Crippen LogP contribution in [0.5, 0.6) is 0 Å². The summed E-state index contributed by atoms with van der Waals surface area (Å²) in [6.07, 6.45) is 3.40. The fourth-order valence-corrected chi connectivity index (χ4v) is 1.11. The molecule has 0 radical (unpaired) electrons. The van der Waals surface area contributed by atoms with E-state index in [0.717, 1.165) is 32.7 Å². The Morgan fingerprint density at radius 2 is 2.09 bits per heavy atom. The predicted octanol–water partition coefficient (Wildman–Crippen LogP) is 1.63. The van der Waals surface area contributed by atoms with Crippen LogP contribution in [0, 0.1) is 0 Å². The molecule has 0 amide bonds. The van der Waals surface area contributed by atoms with Crippen molar-refractivity contribution in [2.24, 2.45) is 0 Å². The largest absolute Gasteiger partial charge is 0.378 e. The van der Waals surface area contributed by atoms with E-state index in [-0.39, 0.29) is 0 Å². The van der Waals surface area contributed by atoms with Gasteiger partial charge < -0.3 is 9.64 Å². The van der Waals surface area contributed by atoms with E-state index in [2.05, 4.69) is 24.9 Å². The highest BCUT2D eigenvalue weighted by Crippen LogP contribution is 2.03. The van der Waals surface area contributed by atoms with E-state index in [1.54, 1.807) is 0 Å². The van der Waals surface area contributed by atoms with Gasteiger partial charge in [0.25, 0.3) is 0 Å². The second kappa shape index (κ2) is 4.39. The molecule has 0 aromatic heterocycles. The lowest BCUT2D eigenvalue weighted by atomic mass is 10.2. The SMILES string of the molecule is CCC(C)=CN1CCOCC1. The number of rotatable bonds is 2. The molecule has 0 aliphatic carbocycles. The van der Waals surface area contributed by atoms with Crippen molar-refractivity contribution in [2.45, 2.75) is 20.3 Å². The first-order valence-electron chi connectivity index (χ1n) is 4.32. The molecule has 1 rings (SSSR count). The molecule has 1 saturated heterocycles. The van der Waals surface area contributed by atoms with Gasteiger partial charge in [0.2, 0.25) is 0 Å². The highest BCUT2D eigenvalue weighted by atomic mass is 16.5. The fourth-order valence-electron chi connectivity index (χ4n) is 1.11. The molecule has 0 N–H and O–H groups in total. The number of hydrogen-bond acceptors (Lipinski definition) is 2. The Labute approximate surface area is 68.8 Å². The lowest BCUT2D eigenvalue weighted by Gasteiger charge is -2.25. The predicted molar refractivity (Wildman–Crippen MR) is 46.4 cm³/mol. The van der Waals surface area contributed by atoms with Crippen LogP contribution in [0.2, 0.25) is 0 Å². The number of morpholine rings is 1. The third-order valence-corrected chi connectivity index (χ3v) is 2.01. The summed E-state index contributed by atoms with van der Waals surface area (Å²) in [5.41, 5.74) is 1.45. The van der Waals surface area contributed by atoms with E-state index in [1.165, 1.54) is 5.57 Å². The number of nitrogens with zero attached hydrogens (tertiary/aromatic N) is 1. The molecule has 0 spiro atoms. The van der Waals surface area contributed by atoms with Gasteiger partial charge in [0, 0.05) is 13.1 Å². The maximum absolute atomic E-state index is 5.24. The molecule has 0 unspecified atom stereocenters. The number of hydrogen-bond donors (Lipinski definition) is 0. The Hall–Kier alpha value is -0.500. The van der Waals surface area contributed by atoms with E-state index in [1.807, 2.05) is 0 Å². The summed E-state index contributed by atoms with van der Waals surface area (Å²) in [6, 6.07) is 0. The first-order chi connectivity index (χ1) is 5.33. The standard InChI is InChI=1S/C9H17NO/c1-3-9(2)8-10-4-6-11-7-5-10/h8H,3-7H2,1-2H3. The molecule has 0 saturated carbocycles. The fraction of sp³-hybridized carbons (Fsp3) is 0.778. The van der Waals surface area contributed by atoms with E-state index in [4.69, 9.17) is 4.74 Å². The minimum atomic E-state index is 0.882. The second-order valence-corrected chi connectivity index (χ2v) is 2.98. The van der Waals surface area contributed by atoms with Crippen LogP contribution >= 0.6 is 0 Å². The third-order valence-electron chi connectivity index (χ3n) is 2.01. The van der Waals surface area contributed by atoms with Crippen LogP contribution in [0.15, 0.2) is 11.8 Å². The van der Waals surface area contributed by atoms with Gasteiger partial charge in [0.05, 0.1) is 13.2 Å². The van der Waals surface area contributed by atoms with Crippen molar-refractivity contribution in [3.05, 3.63) is 11.8 Å². The molecule has 0 aromatic carbocycles. The summed E-state index contributed by atoms with van der Waals surface area (Å²) in [5, 5.41) is 0. The minimum Gasteiger partial charge on any atom is -0.378 e. The molecule has 1 aliphatic rings. The van der Waals surface area contributed by atoms with Gasteiger partial charge in [-0.3, -0.25) is 0 Å². The van der Waals surface area contributed by atoms with Gasteiger partial charge in [-0.1, -0.05) is 12.5 Å². The van der Waals surface area contributed by atoms with Gasteiger partial charge in [0.1, 0.15) is 0 Å². The van der Waals surface area contributed by atoms with Crippen LogP contribution in [0.25, 0.3) is 0 Å². The van der Waals surface area contributed by atoms with E-state index in [9.17, 15) is 0 Å². The number of ether oxygens (including phenoxy) is 1. The van der Waals surface area contributed by atoms with Crippen LogP contribution in [0.3, 0.4) is 0 Å². The second-order valence-electron chi connectivity index (χ2n) is 2.98. The molecule has 2 nitrogen and oxygen atoms in total. The van der Waals surface area contributed by atoms with Gasteiger partial charge in [-0.05, 0) is 19.5 Å². The molecule has 1 aliphatic heterocycles. The van der Waals surface area contributed by atoms with Gasteiger partial charge >= 0.3 is 0 Å². The van der Waals surface area contributed by atoms with Crippen molar-refractivity contribution >= 4 is 0 Å². The zero-order valence-electron chi connectivity index (χ0n) is 7.47. The first kappa shape index (κ1) is 8.60. The van der Waals surface area contributed by atoms with Crippen molar-refractivity contribution in [1.82, 2.24) is 4.90 Å². The van der Waals surface area contributed by atoms with Gasteiger partial charge in [0.15, 0.2) is 0 Å². The monoisotopic (exact) mass is 155 g/mol. The maximum Gasteiger partial charge on any atom is 0.0642 e. The molecule has 64 valence electrons. The van der Waals surface area contributed by atoms with Crippen molar-refractivity contribution in [3.8, 4) is 0 Å². The summed E-state index contributed by atoms with van der Waals surface area (Å²) < 4.78 is 5.24. The zero-order valence-corrected chi connectivity index (χ0v) is 7.47. The van der Waals surface area contributed by atoms with Crippen LogP contribution in [-0.2, 0) is 4.74 Å². The van der Waals surface area contributed by atoms with Crippen molar-refractivity contribution in [3.63, 3.8) is 0 Å². The van der Waals surface area contributed by atoms with Crippen molar-refractivity contribution < 1.29 is 4.74 Å². The summed E-state index contributed by atoms with van der Waals surface area (Å²) in [7, 11) is 0. The molecule has 0 atom stereocenters. The number of allylic oxidation sites excluding steroid dienone is 1. The van der Waals surface area contributed by atoms with Gasteiger partial charge in [-0.15, -0.1) is 0 Å². The van der Waals surface area contributed by atoms with Crippen molar-refractivity contribution in [1.29, 1.82) is 0 Å². The normalized spacial score (nSPS) is 20.5. The average Bonchev–Trinajstić information content (AvgIpc) is 2.06. The van der Waals surface area contributed by atoms with Crippen LogP contribution in [0.1, 0.15) is 20.3 Å². The molecule has 1 heterocycles. The highest BCUT2D eigenvalue weighted by Gasteiger charge is 2.05. The van der Waals surface area contributed by atoms with E-state index >= 15 is 0 Å². The topological polar surface area (TPSA) is 12.5 Å². The molecular formula is C9H17NO. The van der Waals surface area contributed by atoms with Gasteiger partial charge in [-0.25, -0.2) is 0 Å². The van der Waals surface area contributed by atoms with Crippen LogP contribution in [-0.4, -0.2) is 31.2 Å². The third kappa shape index (κ3) is 2.93. The Morgan fingerprint density at radius 3 is 2.64 bits per heavy atom. The molecule has 0 aromatic rings. The van der Waals surface area contributed by atoms with E-state index < -0.39 is 0 Å². The quantitative estimate of drug-likeness (QED) is 0.601. The summed E-state index contributed by atoms with van der Waals surface area (Å²) in [6.45, 7) is 8.23. The minimum absolute atomic E-state index is 0.882. The molecular weight excluding hydrogens is 138 g/mol. The van der Waals surface area contributed by atoms with E-state index in [0.29, 0.717) is 0 Å². The Kier molecular flexibility index (Phi) is 3.43. The summed E-state index contributed by atoms with van der Waals surface area (Å²) in [5.74, 6) is 0.